The van der Waals surface area contributed by atoms with Crippen LogP contribution in [0.15, 0.2) is 21.7 Å². The number of alkyl halides is 3. The second-order valence-electron chi connectivity index (χ2n) is 7.29. The number of imidazole rings is 1. The Morgan fingerprint density at radius 1 is 1.14 bits per heavy atom. The molecule has 0 aliphatic rings. The molecule has 6 nitrogen and oxygen atoms in total. The van der Waals surface area contributed by atoms with Crippen molar-refractivity contribution in [2.24, 2.45) is 7.05 Å². The number of fused-ring (bicyclic) bond motifs is 1. The summed E-state index contributed by atoms with van der Waals surface area (Å²) in [5.74, 6) is -0.659. The molecule has 0 saturated heterocycles. The summed E-state index contributed by atoms with van der Waals surface area (Å²) in [5, 5.41) is -0.0696. The van der Waals surface area contributed by atoms with Gasteiger partial charge in [0.1, 0.15) is 22.7 Å². The van der Waals surface area contributed by atoms with Crippen LogP contribution in [-0.2, 0) is 18.6 Å². The van der Waals surface area contributed by atoms with Gasteiger partial charge in [-0.05, 0) is 6.07 Å². The van der Waals surface area contributed by atoms with E-state index < -0.39 is 40.0 Å². The molecule has 3 rings (SSSR count). The quantitative estimate of drug-likeness (QED) is 0.614. The van der Waals surface area contributed by atoms with E-state index in [0.29, 0.717) is 10.4 Å². The number of halogens is 5. The van der Waals surface area contributed by atoms with E-state index in [4.69, 9.17) is 11.6 Å². The van der Waals surface area contributed by atoms with Gasteiger partial charge in [0, 0.05) is 18.5 Å². The number of aromatic amines is 1. The van der Waals surface area contributed by atoms with Crippen LogP contribution < -0.4 is 11.2 Å². The van der Waals surface area contributed by atoms with Gasteiger partial charge in [-0.15, -0.1) is 0 Å². The second-order valence-corrected chi connectivity index (χ2v) is 7.70. The van der Waals surface area contributed by atoms with Crippen LogP contribution >= 0.6 is 11.6 Å². The maximum Gasteiger partial charge on any atom is 0.431 e. The Hall–Kier alpha value is -2.62. The van der Waals surface area contributed by atoms with Gasteiger partial charge in [0.25, 0.3) is 5.56 Å². The highest BCUT2D eigenvalue weighted by Crippen LogP contribution is 2.32. The predicted octanol–water partition coefficient (Wildman–Crippen LogP) is 3.52. The zero-order chi connectivity index (χ0) is 21.2. The highest BCUT2D eigenvalue weighted by atomic mass is 35.5. The second kappa shape index (κ2) is 6.20. The highest BCUT2D eigenvalue weighted by molar-refractivity contribution is 6.35. The lowest BCUT2D eigenvalue weighted by atomic mass is 9.96. The van der Waals surface area contributed by atoms with Gasteiger partial charge < -0.3 is 4.98 Å². The Morgan fingerprint density at radius 3 is 2.29 bits per heavy atom. The lowest BCUT2D eigenvalue weighted by molar-refractivity contribution is -0.144. The summed E-state index contributed by atoms with van der Waals surface area (Å²) < 4.78 is 54.4. The molecule has 0 aliphatic carbocycles. The van der Waals surface area contributed by atoms with Crippen molar-refractivity contribution in [3.8, 4) is 5.69 Å². The standard InChI is InChI=1S/C17H15ClF4N4O2/c1-16(2,3)14-23-11-7(18)5-8(19)13(12(11)24-14)26-10(27)6-9(17(20,21)22)25(4)15(26)28/h5-6H,1-4H3,(H,23,24). The molecule has 0 atom stereocenters. The first-order valence-corrected chi connectivity index (χ1v) is 8.40. The number of nitrogens with one attached hydrogen (secondary N) is 1. The largest absolute Gasteiger partial charge is 0.431 e. The van der Waals surface area contributed by atoms with Crippen LogP contribution in [0.1, 0.15) is 32.3 Å². The summed E-state index contributed by atoms with van der Waals surface area (Å²) in [5.41, 5.74) is -5.14. The highest BCUT2D eigenvalue weighted by Gasteiger charge is 2.35. The van der Waals surface area contributed by atoms with Crippen molar-refractivity contribution in [1.29, 1.82) is 0 Å². The monoisotopic (exact) mass is 418 g/mol. The summed E-state index contributed by atoms with van der Waals surface area (Å²) >= 11 is 6.04. The number of H-pyrrole nitrogens is 1. The third-order valence-electron chi connectivity index (χ3n) is 4.19. The number of hydrogen-bond donors (Lipinski definition) is 1. The van der Waals surface area contributed by atoms with E-state index in [2.05, 4.69) is 9.97 Å². The van der Waals surface area contributed by atoms with E-state index >= 15 is 0 Å². The van der Waals surface area contributed by atoms with Gasteiger partial charge in [-0.25, -0.2) is 18.7 Å². The van der Waals surface area contributed by atoms with Crippen LogP contribution in [0, 0.1) is 5.82 Å². The molecule has 0 unspecified atom stereocenters. The maximum atomic E-state index is 14.7. The van der Waals surface area contributed by atoms with Gasteiger partial charge in [0.15, 0.2) is 5.82 Å². The van der Waals surface area contributed by atoms with Crippen molar-refractivity contribution in [3.63, 3.8) is 0 Å². The Labute approximate surface area is 160 Å². The Balaban J connectivity index is 2.46. The lowest BCUT2D eigenvalue weighted by Crippen LogP contribution is -2.41. The number of benzene rings is 1. The first kappa shape index (κ1) is 20.1. The minimum Gasteiger partial charge on any atom is -0.340 e. The molecule has 0 fully saturated rings. The smallest absolute Gasteiger partial charge is 0.340 e. The molecule has 0 bridgehead atoms. The summed E-state index contributed by atoms with van der Waals surface area (Å²) in [4.78, 5) is 32.0. The molecule has 28 heavy (non-hydrogen) atoms. The van der Waals surface area contributed by atoms with Crippen molar-refractivity contribution < 1.29 is 17.6 Å². The van der Waals surface area contributed by atoms with E-state index in [1.54, 1.807) is 0 Å². The van der Waals surface area contributed by atoms with Crippen molar-refractivity contribution in [2.45, 2.75) is 32.4 Å². The van der Waals surface area contributed by atoms with E-state index in [0.717, 1.165) is 13.1 Å². The van der Waals surface area contributed by atoms with Crippen LogP contribution in [0.25, 0.3) is 16.7 Å². The molecule has 0 radical (unpaired) electrons. The molecule has 0 amide bonds. The van der Waals surface area contributed by atoms with Gasteiger partial charge >= 0.3 is 11.9 Å². The first-order chi connectivity index (χ1) is 12.7. The zero-order valence-corrected chi connectivity index (χ0v) is 16.0. The molecule has 0 saturated carbocycles. The maximum absolute atomic E-state index is 14.7. The summed E-state index contributed by atoms with van der Waals surface area (Å²) in [6.07, 6.45) is -4.92. The predicted molar refractivity (Wildman–Crippen MR) is 95.6 cm³/mol. The van der Waals surface area contributed by atoms with Crippen molar-refractivity contribution in [3.05, 3.63) is 55.3 Å². The zero-order valence-electron chi connectivity index (χ0n) is 15.2. The van der Waals surface area contributed by atoms with Gasteiger partial charge in [0.05, 0.1) is 10.5 Å². The number of rotatable bonds is 1. The molecule has 11 heteroatoms. The van der Waals surface area contributed by atoms with Crippen LogP contribution in [0.2, 0.25) is 5.02 Å². The van der Waals surface area contributed by atoms with Gasteiger partial charge in [-0.1, -0.05) is 32.4 Å². The van der Waals surface area contributed by atoms with E-state index in [1.807, 2.05) is 20.8 Å². The third kappa shape index (κ3) is 3.11. The van der Waals surface area contributed by atoms with Crippen molar-refractivity contribution >= 4 is 22.6 Å². The van der Waals surface area contributed by atoms with Crippen molar-refractivity contribution in [1.82, 2.24) is 19.1 Å². The summed E-state index contributed by atoms with van der Waals surface area (Å²) in [7, 11) is 0.847. The topological polar surface area (TPSA) is 72.7 Å². The fraction of sp³-hybridized carbons (Fsp3) is 0.353. The fourth-order valence-corrected chi connectivity index (χ4v) is 2.99. The van der Waals surface area contributed by atoms with Gasteiger partial charge in [-0.2, -0.15) is 13.2 Å². The molecule has 0 spiro atoms. The SMILES string of the molecule is Cn1c(C(F)(F)F)cc(=O)n(-c2c(F)cc(Cl)c3nc(C(C)(C)C)[nH]c23)c1=O. The van der Waals surface area contributed by atoms with E-state index in [9.17, 15) is 27.2 Å². The Kier molecular flexibility index (Phi) is 4.45. The molecule has 0 aliphatic heterocycles. The molecule has 3 aromatic rings. The molecule has 1 N–H and O–H groups in total. The molecular weight excluding hydrogens is 404 g/mol. The number of aromatic nitrogens is 4. The van der Waals surface area contributed by atoms with Crippen LogP contribution in [-0.4, -0.2) is 19.1 Å². The fourth-order valence-electron chi connectivity index (χ4n) is 2.76. The Bertz CT molecular complexity index is 1220. The molecule has 150 valence electrons. The van der Waals surface area contributed by atoms with Crippen LogP contribution in [0.5, 0.6) is 0 Å². The number of nitrogens with zero attached hydrogens (tertiary/aromatic N) is 3. The first-order valence-electron chi connectivity index (χ1n) is 8.02. The normalized spacial score (nSPS) is 12.8. The molecule has 2 aromatic heterocycles. The molecular formula is C17H15ClF4N4O2. The van der Waals surface area contributed by atoms with E-state index in [-0.39, 0.29) is 26.7 Å². The summed E-state index contributed by atoms with van der Waals surface area (Å²) in [6.45, 7) is 5.45. The molecule has 1 aromatic carbocycles. The lowest BCUT2D eigenvalue weighted by Gasteiger charge is -2.15. The number of hydrogen-bond acceptors (Lipinski definition) is 3. The average molecular weight is 419 g/mol. The average Bonchev–Trinajstić information content (AvgIpc) is 2.98. The Morgan fingerprint density at radius 2 is 1.75 bits per heavy atom. The van der Waals surface area contributed by atoms with Crippen LogP contribution in [0.3, 0.4) is 0 Å². The van der Waals surface area contributed by atoms with E-state index in [1.165, 1.54) is 0 Å². The third-order valence-corrected chi connectivity index (χ3v) is 4.48. The van der Waals surface area contributed by atoms with Gasteiger partial charge in [0.2, 0.25) is 0 Å². The van der Waals surface area contributed by atoms with Crippen LogP contribution in [0.4, 0.5) is 17.6 Å². The minimum atomic E-state index is -4.92. The summed E-state index contributed by atoms with van der Waals surface area (Å²) in [6, 6.07) is 1.10. The van der Waals surface area contributed by atoms with Gasteiger partial charge in [-0.3, -0.25) is 9.36 Å². The van der Waals surface area contributed by atoms with Crippen molar-refractivity contribution in [2.75, 3.05) is 0 Å². The molecule has 2 heterocycles. The minimum absolute atomic E-state index is 0.0612.